The highest BCUT2D eigenvalue weighted by Crippen LogP contribution is 2.31. The normalized spacial score (nSPS) is 13.6. The molecule has 1 aliphatic rings. The summed E-state index contributed by atoms with van der Waals surface area (Å²) < 4.78 is 12.7. The predicted octanol–water partition coefficient (Wildman–Crippen LogP) is 2.95. The number of carbonyl (C=O) groups is 1. The summed E-state index contributed by atoms with van der Waals surface area (Å²) in [6.45, 7) is 1.56. The Morgan fingerprint density at radius 1 is 1.36 bits per heavy atom. The third-order valence-corrected chi connectivity index (χ3v) is 4.76. The van der Waals surface area contributed by atoms with Gasteiger partial charge in [-0.25, -0.2) is 0 Å². The van der Waals surface area contributed by atoms with Gasteiger partial charge >= 0.3 is 0 Å². The van der Waals surface area contributed by atoms with E-state index in [1.165, 1.54) is 30.4 Å². The van der Waals surface area contributed by atoms with Crippen LogP contribution < -0.4 is 10.1 Å². The van der Waals surface area contributed by atoms with Gasteiger partial charge in [0.25, 0.3) is 5.91 Å². The number of nitrogens with zero attached hydrogens (tertiary/aromatic N) is 2. The lowest BCUT2D eigenvalue weighted by atomic mass is 10.0. The number of carbonyl (C=O) groups excluding carboxylic acids is 1. The van der Waals surface area contributed by atoms with Crippen LogP contribution in [0.1, 0.15) is 34.7 Å². The van der Waals surface area contributed by atoms with Crippen LogP contribution in [0.5, 0.6) is 5.88 Å². The number of aromatic nitrogens is 2. The molecule has 4 heterocycles. The fourth-order valence-electron chi connectivity index (χ4n) is 3.60. The molecular weight excluding hydrogens is 318 g/mol. The first-order valence-corrected chi connectivity index (χ1v) is 8.64. The van der Waals surface area contributed by atoms with Gasteiger partial charge in [0.15, 0.2) is 5.76 Å². The second kappa shape index (κ2) is 6.63. The van der Waals surface area contributed by atoms with Crippen LogP contribution in [0.3, 0.4) is 0 Å². The topological polar surface area (TPSA) is 69.3 Å². The summed E-state index contributed by atoms with van der Waals surface area (Å²) in [5, 5.41) is 4.09. The van der Waals surface area contributed by atoms with E-state index < -0.39 is 0 Å². The smallest absolute Gasteiger partial charge is 0.286 e. The largest absolute Gasteiger partial charge is 0.481 e. The number of pyridine rings is 1. The molecule has 130 valence electrons. The van der Waals surface area contributed by atoms with Gasteiger partial charge in [-0.15, -0.1) is 0 Å². The molecule has 0 saturated carbocycles. The van der Waals surface area contributed by atoms with E-state index >= 15 is 0 Å². The molecule has 0 aliphatic carbocycles. The Balaban J connectivity index is 1.59. The van der Waals surface area contributed by atoms with E-state index in [0.717, 1.165) is 30.4 Å². The molecule has 0 fully saturated rings. The van der Waals surface area contributed by atoms with Crippen LogP contribution >= 0.6 is 0 Å². The molecule has 1 N–H and O–H groups in total. The van der Waals surface area contributed by atoms with Crippen LogP contribution in [-0.4, -0.2) is 29.1 Å². The second-order valence-corrected chi connectivity index (χ2v) is 6.24. The number of methoxy groups -OCH3 is 1. The van der Waals surface area contributed by atoms with Crippen molar-refractivity contribution in [1.82, 2.24) is 14.9 Å². The number of nitrogens with one attached hydrogen (secondary N) is 1. The number of rotatable bonds is 5. The van der Waals surface area contributed by atoms with Gasteiger partial charge < -0.3 is 19.0 Å². The molecule has 3 aromatic heterocycles. The highest BCUT2D eigenvalue weighted by atomic mass is 16.5. The number of hydrogen-bond donors (Lipinski definition) is 1. The molecule has 0 saturated heterocycles. The maximum absolute atomic E-state index is 12.0. The molecule has 0 aromatic carbocycles. The van der Waals surface area contributed by atoms with Gasteiger partial charge in [0.1, 0.15) is 5.65 Å². The highest BCUT2D eigenvalue weighted by molar-refractivity contribution is 5.91. The monoisotopic (exact) mass is 339 g/mol. The fourth-order valence-corrected chi connectivity index (χ4v) is 3.60. The minimum Gasteiger partial charge on any atom is -0.481 e. The fraction of sp³-hybridized carbons (Fsp3) is 0.368. The summed E-state index contributed by atoms with van der Waals surface area (Å²) in [6, 6.07) is 7.36. The van der Waals surface area contributed by atoms with E-state index in [4.69, 9.17) is 9.15 Å². The third-order valence-electron chi connectivity index (χ3n) is 4.76. The van der Waals surface area contributed by atoms with Crippen LogP contribution in [0.15, 0.2) is 34.9 Å². The Kier molecular flexibility index (Phi) is 4.17. The van der Waals surface area contributed by atoms with Crippen LogP contribution in [0.25, 0.3) is 11.0 Å². The van der Waals surface area contributed by atoms with Gasteiger partial charge in [0.05, 0.1) is 13.4 Å². The minimum atomic E-state index is -0.179. The van der Waals surface area contributed by atoms with Crippen molar-refractivity contribution in [2.75, 3.05) is 13.7 Å². The summed E-state index contributed by atoms with van der Waals surface area (Å²) in [7, 11) is 1.64. The summed E-state index contributed by atoms with van der Waals surface area (Å²) >= 11 is 0. The second-order valence-electron chi connectivity index (χ2n) is 6.24. The molecule has 0 atom stereocenters. The molecule has 0 unspecified atom stereocenters. The molecule has 1 amide bonds. The van der Waals surface area contributed by atoms with E-state index in [9.17, 15) is 4.79 Å². The summed E-state index contributed by atoms with van der Waals surface area (Å²) in [5.74, 6) is 0.799. The van der Waals surface area contributed by atoms with Crippen LogP contribution in [0, 0.1) is 0 Å². The first-order valence-electron chi connectivity index (χ1n) is 8.64. The highest BCUT2D eigenvalue weighted by Gasteiger charge is 2.21. The van der Waals surface area contributed by atoms with Gasteiger partial charge in [0, 0.05) is 30.2 Å². The van der Waals surface area contributed by atoms with E-state index in [2.05, 4.69) is 20.9 Å². The summed E-state index contributed by atoms with van der Waals surface area (Å²) in [6.07, 6.45) is 5.70. The van der Waals surface area contributed by atoms with Crippen molar-refractivity contribution in [3.8, 4) is 5.88 Å². The minimum absolute atomic E-state index is 0.179. The van der Waals surface area contributed by atoms with Gasteiger partial charge in [0.2, 0.25) is 5.88 Å². The van der Waals surface area contributed by atoms with E-state index in [-0.39, 0.29) is 5.91 Å². The van der Waals surface area contributed by atoms with E-state index in [0.29, 0.717) is 18.2 Å². The maximum Gasteiger partial charge on any atom is 0.286 e. The average Bonchev–Trinajstić information content (AvgIpc) is 3.29. The third kappa shape index (κ3) is 2.88. The first-order chi connectivity index (χ1) is 12.3. The van der Waals surface area contributed by atoms with Gasteiger partial charge in [-0.2, -0.15) is 4.98 Å². The number of hydrogen-bond acceptors (Lipinski definition) is 4. The van der Waals surface area contributed by atoms with Crippen LogP contribution in [0.2, 0.25) is 0 Å². The average molecular weight is 339 g/mol. The van der Waals surface area contributed by atoms with Crippen molar-refractivity contribution in [2.45, 2.75) is 32.2 Å². The molecule has 0 spiro atoms. The Morgan fingerprint density at radius 2 is 2.28 bits per heavy atom. The predicted molar refractivity (Wildman–Crippen MR) is 94.0 cm³/mol. The Hall–Kier alpha value is -2.76. The lowest BCUT2D eigenvalue weighted by Gasteiger charge is -2.17. The van der Waals surface area contributed by atoms with Crippen molar-refractivity contribution < 1.29 is 13.9 Å². The summed E-state index contributed by atoms with van der Waals surface area (Å²) in [4.78, 5) is 16.7. The van der Waals surface area contributed by atoms with Gasteiger partial charge in [-0.1, -0.05) is 0 Å². The van der Waals surface area contributed by atoms with Crippen LogP contribution in [0.4, 0.5) is 0 Å². The van der Waals surface area contributed by atoms with E-state index in [1.54, 1.807) is 19.2 Å². The number of aryl methyl sites for hydroxylation is 1. The lowest BCUT2D eigenvalue weighted by molar-refractivity contribution is 0.0926. The molecular formula is C19H21N3O3. The van der Waals surface area contributed by atoms with E-state index in [1.807, 2.05) is 6.07 Å². The quantitative estimate of drug-likeness (QED) is 0.776. The molecule has 3 aromatic rings. The van der Waals surface area contributed by atoms with Gasteiger partial charge in [-0.3, -0.25) is 4.79 Å². The number of furan rings is 1. The number of amides is 1. The molecule has 4 rings (SSSR count). The van der Waals surface area contributed by atoms with Crippen molar-refractivity contribution in [2.24, 2.45) is 0 Å². The van der Waals surface area contributed by atoms with Crippen LogP contribution in [-0.2, 0) is 19.4 Å². The first kappa shape index (κ1) is 15.7. The molecule has 25 heavy (non-hydrogen) atoms. The van der Waals surface area contributed by atoms with Crippen molar-refractivity contribution in [3.63, 3.8) is 0 Å². The zero-order chi connectivity index (χ0) is 17.2. The molecule has 0 bridgehead atoms. The lowest BCUT2D eigenvalue weighted by Crippen LogP contribution is -2.25. The number of fused-ring (bicyclic) bond motifs is 3. The zero-order valence-electron chi connectivity index (χ0n) is 14.2. The Labute approximate surface area is 145 Å². The molecule has 1 aliphatic heterocycles. The summed E-state index contributed by atoms with van der Waals surface area (Å²) in [5.41, 5.74) is 3.61. The number of ether oxygens (including phenoxy) is 1. The SMILES string of the molecule is COc1ccc2c(CCNC(=O)c3ccco3)c3n(c2n1)CCCC3. The molecule has 0 radical (unpaired) electrons. The maximum atomic E-state index is 12.0. The molecule has 6 heteroatoms. The standard InChI is InChI=1S/C19H21N3O3/c1-24-17-8-7-14-13(9-10-20-19(23)16-6-4-12-25-16)15-5-2-3-11-22(15)18(14)21-17/h4,6-8,12H,2-3,5,9-11H2,1H3,(H,20,23). The van der Waals surface area contributed by atoms with Crippen molar-refractivity contribution >= 4 is 16.9 Å². The Bertz CT molecular complexity index is 896. The van der Waals surface area contributed by atoms with Crippen molar-refractivity contribution in [3.05, 3.63) is 47.5 Å². The molecule has 6 nitrogen and oxygen atoms in total. The van der Waals surface area contributed by atoms with Gasteiger partial charge in [-0.05, 0) is 49.4 Å². The van der Waals surface area contributed by atoms with Crippen molar-refractivity contribution in [1.29, 1.82) is 0 Å². The zero-order valence-corrected chi connectivity index (χ0v) is 14.2. The Morgan fingerprint density at radius 3 is 3.08 bits per heavy atom.